The van der Waals surface area contributed by atoms with Gasteiger partial charge in [0.05, 0.1) is 6.61 Å². The van der Waals surface area contributed by atoms with Crippen molar-refractivity contribution in [1.82, 2.24) is 4.90 Å². The number of nitrogens with zero attached hydrogens (tertiary/aromatic N) is 1. The molecule has 2 fully saturated rings. The van der Waals surface area contributed by atoms with E-state index in [9.17, 15) is 5.11 Å². The zero-order chi connectivity index (χ0) is 11.5. The molecule has 1 saturated carbocycles. The lowest BCUT2D eigenvalue weighted by Crippen LogP contribution is -2.43. The molecule has 0 bridgehead atoms. The van der Waals surface area contributed by atoms with E-state index in [4.69, 9.17) is 0 Å². The standard InChI is InChI=1S/C14H27NO/c1-11(2)12-5-3-6-13(9-12)15-8-4-7-14(15)10-16/h11-14,16H,3-10H2,1-2H3/t12-,13+,14+/m0/s1. The van der Waals surface area contributed by atoms with Crippen molar-refractivity contribution in [2.75, 3.05) is 13.2 Å². The van der Waals surface area contributed by atoms with Crippen molar-refractivity contribution in [3.63, 3.8) is 0 Å². The maximum Gasteiger partial charge on any atom is 0.0586 e. The summed E-state index contributed by atoms with van der Waals surface area (Å²) < 4.78 is 0. The highest BCUT2D eigenvalue weighted by Crippen LogP contribution is 2.35. The Hall–Kier alpha value is -0.0800. The third-order valence-corrected chi connectivity index (χ3v) is 4.73. The molecule has 0 radical (unpaired) electrons. The van der Waals surface area contributed by atoms with Gasteiger partial charge in [0.15, 0.2) is 0 Å². The highest BCUT2D eigenvalue weighted by atomic mass is 16.3. The fourth-order valence-corrected chi connectivity index (χ4v) is 3.64. The second-order valence-electron chi connectivity index (χ2n) is 6.04. The summed E-state index contributed by atoms with van der Waals surface area (Å²) >= 11 is 0. The van der Waals surface area contributed by atoms with E-state index >= 15 is 0 Å². The fourth-order valence-electron chi connectivity index (χ4n) is 3.64. The molecule has 1 heterocycles. The maximum absolute atomic E-state index is 9.40. The molecule has 16 heavy (non-hydrogen) atoms. The molecule has 1 aliphatic heterocycles. The Balaban J connectivity index is 1.93. The van der Waals surface area contributed by atoms with Crippen LogP contribution in [0.15, 0.2) is 0 Å². The molecule has 1 N–H and O–H groups in total. The van der Waals surface area contributed by atoms with Crippen LogP contribution in [-0.2, 0) is 0 Å². The SMILES string of the molecule is CC(C)[C@H]1CCC[C@@H](N2CCC[C@@H]2CO)C1. The highest BCUT2D eigenvalue weighted by Gasteiger charge is 2.34. The highest BCUT2D eigenvalue weighted by molar-refractivity contribution is 4.88. The summed E-state index contributed by atoms with van der Waals surface area (Å²) in [5.74, 6) is 1.75. The van der Waals surface area contributed by atoms with Crippen molar-refractivity contribution >= 4 is 0 Å². The molecule has 3 atom stereocenters. The zero-order valence-electron chi connectivity index (χ0n) is 10.9. The summed E-state index contributed by atoms with van der Waals surface area (Å²) in [5.41, 5.74) is 0. The monoisotopic (exact) mass is 225 g/mol. The average molecular weight is 225 g/mol. The Morgan fingerprint density at radius 2 is 2.00 bits per heavy atom. The van der Waals surface area contributed by atoms with E-state index in [1.54, 1.807) is 0 Å². The summed E-state index contributed by atoms with van der Waals surface area (Å²) in [6.07, 6.45) is 8.04. The van der Waals surface area contributed by atoms with Crippen LogP contribution in [0.2, 0.25) is 0 Å². The largest absolute Gasteiger partial charge is 0.395 e. The lowest BCUT2D eigenvalue weighted by molar-refractivity contribution is 0.0744. The molecule has 0 spiro atoms. The Labute approximate surface area is 100 Å². The van der Waals surface area contributed by atoms with Crippen LogP contribution in [0, 0.1) is 11.8 Å². The van der Waals surface area contributed by atoms with Gasteiger partial charge >= 0.3 is 0 Å². The van der Waals surface area contributed by atoms with Crippen LogP contribution < -0.4 is 0 Å². The molecule has 0 amide bonds. The van der Waals surface area contributed by atoms with Crippen LogP contribution in [0.1, 0.15) is 52.4 Å². The molecule has 0 aromatic heterocycles. The third kappa shape index (κ3) is 2.60. The summed E-state index contributed by atoms with van der Waals surface area (Å²) in [4.78, 5) is 2.61. The Morgan fingerprint density at radius 3 is 2.69 bits per heavy atom. The van der Waals surface area contributed by atoms with Gasteiger partial charge in [-0.15, -0.1) is 0 Å². The number of aliphatic hydroxyl groups is 1. The molecule has 2 aliphatic rings. The van der Waals surface area contributed by atoms with E-state index in [1.165, 1.54) is 45.1 Å². The molecule has 0 unspecified atom stereocenters. The van der Waals surface area contributed by atoms with Crippen LogP contribution in [0.5, 0.6) is 0 Å². The van der Waals surface area contributed by atoms with Crippen molar-refractivity contribution in [3.8, 4) is 0 Å². The predicted molar refractivity (Wildman–Crippen MR) is 67.4 cm³/mol. The van der Waals surface area contributed by atoms with E-state index in [0.29, 0.717) is 12.6 Å². The number of rotatable bonds is 3. The molecule has 1 aliphatic carbocycles. The quantitative estimate of drug-likeness (QED) is 0.798. The number of hydrogen-bond acceptors (Lipinski definition) is 2. The Kier molecular flexibility index (Phi) is 4.26. The van der Waals surface area contributed by atoms with Crippen LogP contribution in [-0.4, -0.2) is 35.2 Å². The van der Waals surface area contributed by atoms with Crippen molar-refractivity contribution in [1.29, 1.82) is 0 Å². The first-order valence-corrected chi connectivity index (χ1v) is 7.09. The Bertz CT molecular complexity index is 217. The van der Waals surface area contributed by atoms with Crippen molar-refractivity contribution in [3.05, 3.63) is 0 Å². The van der Waals surface area contributed by atoms with Gasteiger partial charge in [0, 0.05) is 12.1 Å². The predicted octanol–water partition coefficient (Wildman–Crippen LogP) is 2.66. The average Bonchev–Trinajstić information content (AvgIpc) is 2.77. The van der Waals surface area contributed by atoms with Gasteiger partial charge in [0.2, 0.25) is 0 Å². The topological polar surface area (TPSA) is 23.5 Å². The normalized spacial score (nSPS) is 37.1. The maximum atomic E-state index is 9.40. The molecule has 0 aromatic carbocycles. The van der Waals surface area contributed by atoms with Gasteiger partial charge in [-0.25, -0.2) is 0 Å². The number of likely N-dealkylation sites (tertiary alicyclic amines) is 1. The van der Waals surface area contributed by atoms with Crippen molar-refractivity contribution in [2.45, 2.75) is 64.5 Å². The molecule has 94 valence electrons. The van der Waals surface area contributed by atoms with Gasteiger partial charge in [0.25, 0.3) is 0 Å². The molecular weight excluding hydrogens is 198 g/mol. The first-order chi connectivity index (χ1) is 7.72. The molecule has 2 rings (SSSR count). The summed E-state index contributed by atoms with van der Waals surface area (Å²) in [6, 6.07) is 1.23. The van der Waals surface area contributed by atoms with E-state index in [0.717, 1.165) is 17.9 Å². The van der Waals surface area contributed by atoms with Gasteiger partial charge in [0.1, 0.15) is 0 Å². The van der Waals surface area contributed by atoms with Crippen molar-refractivity contribution in [2.24, 2.45) is 11.8 Å². The minimum atomic E-state index is 0.364. The number of aliphatic hydroxyl groups excluding tert-OH is 1. The van der Waals surface area contributed by atoms with Crippen LogP contribution in [0.3, 0.4) is 0 Å². The molecule has 2 heteroatoms. The lowest BCUT2D eigenvalue weighted by atomic mass is 9.78. The molecule has 0 aromatic rings. The van der Waals surface area contributed by atoms with Gasteiger partial charge in [-0.3, -0.25) is 4.90 Å². The van der Waals surface area contributed by atoms with E-state index in [1.807, 2.05) is 0 Å². The summed E-state index contributed by atoms with van der Waals surface area (Å²) in [6.45, 7) is 6.31. The van der Waals surface area contributed by atoms with E-state index in [-0.39, 0.29) is 0 Å². The number of hydrogen-bond donors (Lipinski definition) is 1. The minimum absolute atomic E-state index is 0.364. The zero-order valence-corrected chi connectivity index (χ0v) is 10.9. The van der Waals surface area contributed by atoms with Crippen LogP contribution >= 0.6 is 0 Å². The van der Waals surface area contributed by atoms with Crippen LogP contribution in [0.4, 0.5) is 0 Å². The minimum Gasteiger partial charge on any atom is -0.395 e. The first-order valence-electron chi connectivity index (χ1n) is 7.09. The smallest absolute Gasteiger partial charge is 0.0586 e. The van der Waals surface area contributed by atoms with E-state index in [2.05, 4.69) is 18.7 Å². The van der Waals surface area contributed by atoms with Gasteiger partial charge in [-0.05, 0) is 44.1 Å². The molecule has 1 saturated heterocycles. The summed E-state index contributed by atoms with van der Waals surface area (Å²) in [5, 5.41) is 9.40. The summed E-state index contributed by atoms with van der Waals surface area (Å²) in [7, 11) is 0. The van der Waals surface area contributed by atoms with Gasteiger partial charge < -0.3 is 5.11 Å². The second kappa shape index (κ2) is 5.50. The first kappa shape index (κ1) is 12.4. The lowest BCUT2D eigenvalue weighted by Gasteiger charge is -2.39. The fraction of sp³-hybridized carbons (Fsp3) is 1.00. The molecular formula is C14H27NO. The third-order valence-electron chi connectivity index (χ3n) is 4.73. The van der Waals surface area contributed by atoms with Gasteiger partial charge in [-0.1, -0.05) is 26.7 Å². The Morgan fingerprint density at radius 1 is 1.19 bits per heavy atom. The second-order valence-corrected chi connectivity index (χ2v) is 6.04. The van der Waals surface area contributed by atoms with Crippen molar-refractivity contribution < 1.29 is 5.11 Å². The van der Waals surface area contributed by atoms with Gasteiger partial charge in [-0.2, -0.15) is 0 Å². The van der Waals surface area contributed by atoms with E-state index < -0.39 is 0 Å². The molecule has 2 nitrogen and oxygen atoms in total. The van der Waals surface area contributed by atoms with Crippen LogP contribution in [0.25, 0.3) is 0 Å².